The fraction of sp³-hybridized carbons (Fsp3) is 0.308. The highest BCUT2D eigenvalue weighted by Gasteiger charge is 2.19. The van der Waals surface area contributed by atoms with E-state index in [0.29, 0.717) is 5.56 Å². The van der Waals surface area contributed by atoms with Gasteiger partial charge >= 0.3 is 0 Å². The monoisotopic (exact) mass is 204 g/mol. The highest BCUT2D eigenvalue weighted by molar-refractivity contribution is 5.98. The minimum absolute atomic E-state index is 0.0236. The van der Waals surface area contributed by atoms with Gasteiger partial charge in [0, 0.05) is 17.1 Å². The van der Waals surface area contributed by atoms with Crippen molar-refractivity contribution in [2.24, 2.45) is 5.41 Å². The van der Waals surface area contributed by atoms with E-state index in [9.17, 15) is 9.90 Å². The maximum absolute atomic E-state index is 11.6. The van der Waals surface area contributed by atoms with Gasteiger partial charge in [0.2, 0.25) is 0 Å². The van der Waals surface area contributed by atoms with Gasteiger partial charge in [0.1, 0.15) is 5.76 Å². The summed E-state index contributed by atoms with van der Waals surface area (Å²) in [5.74, 6) is -0.0561. The van der Waals surface area contributed by atoms with E-state index in [1.165, 1.54) is 6.08 Å². The molecule has 0 fully saturated rings. The van der Waals surface area contributed by atoms with Crippen molar-refractivity contribution in [3.8, 4) is 0 Å². The standard InChI is InChI=1S/C13H16O2/c1-13(2,3)12(15)9-11(14)10-7-5-4-6-8-10/h4-9,14H,1-3H3/b11-9-. The Bertz CT molecular complexity index is 369. The number of ketones is 1. The molecule has 1 aromatic rings. The zero-order valence-corrected chi connectivity index (χ0v) is 9.32. The average Bonchev–Trinajstić information content (AvgIpc) is 2.17. The van der Waals surface area contributed by atoms with Gasteiger partial charge in [-0.15, -0.1) is 0 Å². The van der Waals surface area contributed by atoms with Crippen molar-refractivity contribution in [3.63, 3.8) is 0 Å². The molecule has 0 atom stereocenters. The highest BCUT2D eigenvalue weighted by Crippen LogP contribution is 2.18. The summed E-state index contributed by atoms with van der Waals surface area (Å²) in [6.07, 6.45) is 1.29. The van der Waals surface area contributed by atoms with E-state index in [4.69, 9.17) is 0 Å². The number of carbonyl (C=O) groups excluding carboxylic acids is 1. The third kappa shape index (κ3) is 3.24. The van der Waals surface area contributed by atoms with E-state index in [1.54, 1.807) is 12.1 Å². The van der Waals surface area contributed by atoms with Crippen LogP contribution in [-0.2, 0) is 4.79 Å². The molecule has 0 aliphatic carbocycles. The molecule has 80 valence electrons. The first kappa shape index (κ1) is 11.5. The topological polar surface area (TPSA) is 37.3 Å². The molecule has 1 N–H and O–H groups in total. The van der Waals surface area contributed by atoms with E-state index < -0.39 is 5.41 Å². The summed E-state index contributed by atoms with van der Waals surface area (Å²) in [4.78, 5) is 11.6. The average molecular weight is 204 g/mol. The maximum Gasteiger partial charge on any atom is 0.164 e. The lowest BCUT2D eigenvalue weighted by Gasteiger charge is -2.13. The molecule has 0 aliphatic heterocycles. The van der Waals surface area contributed by atoms with Crippen molar-refractivity contribution in [1.82, 2.24) is 0 Å². The number of rotatable bonds is 2. The number of benzene rings is 1. The largest absolute Gasteiger partial charge is 0.507 e. The summed E-state index contributed by atoms with van der Waals surface area (Å²) >= 11 is 0. The first-order chi connectivity index (χ1) is 6.91. The van der Waals surface area contributed by atoms with Crippen LogP contribution in [0.2, 0.25) is 0 Å². The van der Waals surface area contributed by atoms with Gasteiger partial charge in [0.05, 0.1) is 0 Å². The van der Waals surface area contributed by atoms with E-state index in [-0.39, 0.29) is 11.5 Å². The molecule has 0 radical (unpaired) electrons. The zero-order valence-electron chi connectivity index (χ0n) is 9.32. The fourth-order valence-corrected chi connectivity index (χ4v) is 1.03. The van der Waals surface area contributed by atoms with Gasteiger partial charge in [0.15, 0.2) is 5.78 Å². The second-order valence-corrected chi connectivity index (χ2v) is 4.51. The lowest BCUT2D eigenvalue weighted by Crippen LogP contribution is -2.17. The molecule has 1 rings (SSSR count). The Morgan fingerprint density at radius 3 is 2.20 bits per heavy atom. The Kier molecular flexibility index (Phi) is 3.30. The van der Waals surface area contributed by atoms with E-state index in [2.05, 4.69) is 0 Å². The smallest absolute Gasteiger partial charge is 0.164 e. The minimum atomic E-state index is -0.456. The predicted octanol–water partition coefficient (Wildman–Crippen LogP) is 3.20. The number of hydrogen-bond donors (Lipinski definition) is 1. The molecule has 0 bridgehead atoms. The van der Waals surface area contributed by atoms with Crippen LogP contribution in [-0.4, -0.2) is 10.9 Å². The highest BCUT2D eigenvalue weighted by atomic mass is 16.3. The van der Waals surface area contributed by atoms with Crippen LogP contribution in [0.3, 0.4) is 0 Å². The molecule has 2 nitrogen and oxygen atoms in total. The fourth-order valence-electron chi connectivity index (χ4n) is 1.03. The summed E-state index contributed by atoms with van der Waals surface area (Å²) in [7, 11) is 0. The van der Waals surface area contributed by atoms with Crippen molar-refractivity contribution < 1.29 is 9.90 Å². The molecule has 0 aliphatic rings. The van der Waals surface area contributed by atoms with E-state index in [1.807, 2.05) is 39.0 Å². The predicted molar refractivity (Wildman–Crippen MR) is 61.5 cm³/mol. The molecule has 0 saturated heterocycles. The van der Waals surface area contributed by atoms with Crippen LogP contribution in [0, 0.1) is 5.41 Å². The lowest BCUT2D eigenvalue weighted by atomic mass is 9.90. The van der Waals surface area contributed by atoms with Crippen LogP contribution in [0.4, 0.5) is 0 Å². The van der Waals surface area contributed by atoms with Crippen molar-refractivity contribution in [2.45, 2.75) is 20.8 Å². The molecule has 2 heteroatoms. The SMILES string of the molecule is CC(C)(C)C(=O)/C=C(\O)c1ccccc1. The molecular weight excluding hydrogens is 188 g/mol. The van der Waals surface area contributed by atoms with Crippen LogP contribution in [0.25, 0.3) is 5.76 Å². The normalized spacial score (nSPS) is 12.6. The first-order valence-corrected chi connectivity index (χ1v) is 4.92. The third-order valence-corrected chi connectivity index (χ3v) is 2.08. The molecule has 0 heterocycles. The first-order valence-electron chi connectivity index (χ1n) is 4.92. The van der Waals surface area contributed by atoms with Gasteiger partial charge in [-0.2, -0.15) is 0 Å². The maximum atomic E-state index is 11.6. The van der Waals surface area contributed by atoms with Gasteiger partial charge in [-0.3, -0.25) is 4.79 Å². The molecule has 0 spiro atoms. The Balaban J connectivity index is 2.91. The van der Waals surface area contributed by atoms with Gasteiger partial charge in [0.25, 0.3) is 0 Å². The molecule has 0 aromatic heterocycles. The van der Waals surface area contributed by atoms with Crippen LogP contribution in [0.5, 0.6) is 0 Å². The van der Waals surface area contributed by atoms with Gasteiger partial charge < -0.3 is 5.11 Å². The summed E-state index contributed by atoms with van der Waals surface area (Å²) < 4.78 is 0. The summed E-state index contributed by atoms with van der Waals surface area (Å²) in [6, 6.07) is 9.04. The third-order valence-electron chi connectivity index (χ3n) is 2.08. The molecular formula is C13H16O2. The zero-order chi connectivity index (χ0) is 11.5. The Hall–Kier alpha value is -1.57. The van der Waals surface area contributed by atoms with Gasteiger partial charge in [-0.1, -0.05) is 51.1 Å². The van der Waals surface area contributed by atoms with E-state index in [0.717, 1.165) is 0 Å². The number of carbonyl (C=O) groups is 1. The lowest BCUT2D eigenvalue weighted by molar-refractivity contribution is -0.121. The minimum Gasteiger partial charge on any atom is -0.507 e. The Morgan fingerprint density at radius 2 is 1.73 bits per heavy atom. The van der Waals surface area contributed by atoms with Crippen molar-refractivity contribution in [1.29, 1.82) is 0 Å². The van der Waals surface area contributed by atoms with Crippen LogP contribution in [0.15, 0.2) is 36.4 Å². The second kappa shape index (κ2) is 4.30. The number of aliphatic hydroxyl groups excluding tert-OH is 1. The molecule has 0 amide bonds. The summed E-state index contributed by atoms with van der Waals surface area (Å²) in [6.45, 7) is 5.47. The van der Waals surface area contributed by atoms with Crippen molar-refractivity contribution >= 4 is 11.5 Å². The summed E-state index contributed by atoms with van der Waals surface area (Å²) in [5.41, 5.74) is 0.207. The molecule has 0 unspecified atom stereocenters. The van der Waals surface area contributed by atoms with Gasteiger partial charge in [-0.25, -0.2) is 0 Å². The van der Waals surface area contributed by atoms with Crippen LogP contribution in [0.1, 0.15) is 26.3 Å². The van der Waals surface area contributed by atoms with Crippen molar-refractivity contribution in [2.75, 3.05) is 0 Å². The Labute approximate surface area is 90.3 Å². The van der Waals surface area contributed by atoms with Gasteiger partial charge in [-0.05, 0) is 0 Å². The van der Waals surface area contributed by atoms with Crippen molar-refractivity contribution in [3.05, 3.63) is 42.0 Å². The van der Waals surface area contributed by atoms with E-state index >= 15 is 0 Å². The van der Waals surface area contributed by atoms with Crippen LogP contribution >= 0.6 is 0 Å². The quantitative estimate of drug-likeness (QED) is 0.593. The number of hydrogen-bond acceptors (Lipinski definition) is 2. The number of aliphatic hydroxyl groups is 1. The summed E-state index contributed by atoms with van der Waals surface area (Å²) in [5, 5.41) is 9.69. The molecule has 15 heavy (non-hydrogen) atoms. The number of allylic oxidation sites excluding steroid dienone is 1. The molecule has 0 saturated carbocycles. The molecule has 1 aromatic carbocycles. The Morgan fingerprint density at radius 1 is 1.20 bits per heavy atom. The van der Waals surface area contributed by atoms with Crippen LogP contribution < -0.4 is 0 Å². The second-order valence-electron chi connectivity index (χ2n) is 4.51.